The Morgan fingerprint density at radius 1 is 1.28 bits per heavy atom. The Morgan fingerprint density at radius 3 is 2.89 bits per heavy atom. The fourth-order valence-electron chi connectivity index (χ4n) is 3.08. The Balaban J connectivity index is 1.87. The Labute approximate surface area is 110 Å². The molecule has 2 atom stereocenters. The van der Waals surface area contributed by atoms with Gasteiger partial charge in [0.2, 0.25) is 0 Å². The monoisotopic (exact) mass is 249 g/mol. The molecule has 0 amide bonds. The van der Waals surface area contributed by atoms with Gasteiger partial charge in [0.15, 0.2) is 0 Å². The summed E-state index contributed by atoms with van der Waals surface area (Å²) in [6, 6.07) is 7.09. The highest BCUT2D eigenvalue weighted by molar-refractivity contribution is 5.17. The van der Waals surface area contributed by atoms with Gasteiger partial charge in [-0.2, -0.15) is 0 Å². The van der Waals surface area contributed by atoms with Crippen molar-refractivity contribution in [2.45, 2.75) is 39.0 Å². The molecule has 0 radical (unpaired) electrons. The van der Waals surface area contributed by atoms with Crippen LogP contribution in [0.15, 0.2) is 24.3 Å². The van der Waals surface area contributed by atoms with E-state index >= 15 is 0 Å². The minimum absolute atomic E-state index is 0.105. The first-order valence-corrected chi connectivity index (χ1v) is 7.24. The third kappa shape index (κ3) is 3.81. The molecule has 1 aliphatic carbocycles. The van der Waals surface area contributed by atoms with Crippen molar-refractivity contribution in [3.05, 3.63) is 35.6 Å². The molecule has 0 spiro atoms. The fourth-order valence-corrected chi connectivity index (χ4v) is 3.08. The van der Waals surface area contributed by atoms with Crippen molar-refractivity contribution in [2.75, 3.05) is 13.1 Å². The van der Waals surface area contributed by atoms with E-state index in [0.717, 1.165) is 36.9 Å². The highest BCUT2D eigenvalue weighted by Crippen LogP contribution is 2.33. The maximum absolute atomic E-state index is 13.2. The molecule has 0 bridgehead atoms. The highest BCUT2D eigenvalue weighted by Gasteiger charge is 2.26. The van der Waals surface area contributed by atoms with Crippen LogP contribution in [0.5, 0.6) is 0 Å². The number of nitrogens with one attached hydrogen (secondary N) is 1. The van der Waals surface area contributed by atoms with Gasteiger partial charge < -0.3 is 5.32 Å². The zero-order valence-corrected chi connectivity index (χ0v) is 11.3. The van der Waals surface area contributed by atoms with Crippen LogP contribution >= 0.6 is 0 Å². The first-order valence-electron chi connectivity index (χ1n) is 7.24. The first kappa shape index (κ1) is 13.5. The average molecular weight is 249 g/mol. The maximum atomic E-state index is 13.2. The smallest absolute Gasteiger partial charge is 0.123 e. The molecule has 0 saturated heterocycles. The van der Waals surface area contributed by atoms with Crippen LogP contribution in [-0.4, -0.2) is 13.1 Å². The third-order valence-corrected chi connectivity index (χ3v) is 4.04. The van der Waals surface area contributed by atoms with Gasteiger partial charge in [-0.05, 0) is 68.3 Å². The van der Waals surface area contributed by atoms with E-state index in [9.17, 15) is 4.39 Å². The van der Waals surface area contributed by atoms with Crippen LogP contribution in [0.4, 0.5) is 4.39 Å². The molecule has 2 rings (SSSR count). The molecular weight excluding hydrogens is 225 g/mol. The maximum Gasteiger partial charge on any atom is 0.123 e. The standard InChI is InChI=1S/C16H24FN/c1-2-9-18-12-15-7-4-6-14(15)10-13-5-3-8-16(17)11-13/h3,5,8,11,14-15,18H,2,4,6-7,9-10,12H2,1H3. The molecule has 1 saturated carbocycles. The molecule has 1 aromatic carbocycles. The highest BCUT2D eigenvalue weighted by atomic mass is 19.1. The van der Waals surface area contributed by atoms with E-state index in [2.05, 4.69) is 18.3 Å². The van der Waals surface area contributed by atoms with Crippen molar-refractivity contribution in [1.82, 2.24) is 5.32 Å². The lowest BCUT2D eigenvalue weighted by atomic mass is 9.89. The second-order valence-corrected chi connectivity index (χ2v) is 5.49. The van der Waals surface area contributed by atoms with E-state index in [4.69, 9.17) is 0 Å². The van der Waals surface area contributed by atoms with Gasteiger partial charge in [-0.15, -0.1) is 0 Å². The van der Waals surface area contributed by atoms with Crippen LogP contribution in [0.3, 0.4) is 0 Å². The van der Waals surface area contributed by atoms with Crippen LogP contribution in [0.1, 0.15) is 38.2 Å². The van der Waals surface area contributed by atoms with Gasteiger partial charge >= 0.3 is 0 Å². The van der Waals surface area contributed by atoms with Crippen molar-refractivity contribution in [2.24, 2.45) is 11.8 Å². The molecule has 1 nitrogen and oxygen atoms in total. The van der Waals surface area contributed by atoms with Gasteiger partial charge in [0.1, 0.15) is 5.82 Å². The van der Waals surface area contributed by atoms with Crippen LogP contribution in [0.25, 0.3) is 0 Å². The molecule has 0 heterocycles. The Bertz CT molecular complexity index is 364. The van der Waals surface area contributed by atoms with Crippen LogP contribution in [0, 0.1) is 17.7 Å². The summed E-state index contributed by atoms with van der Waals surface area (Å²) >= 11 is 0. The van der Waals surface area contributed by atoms with E-state index in [-0.39, 0.29) is 5.82 Å². The largest absolute Gasteiger partial charge is 0.316 e. The summed E-state index contributed by atoms with van der Waals surface area (Å²) < 4.78 is 13.2. The summed E-state index contributed by atoms with van der Waals surface area (Å²) in [5.74, 6) is 1.40. The van der Waals surface area contributed by atoms with Crippen molar-refractivity contribution in [3.63, 3.8) is 0 Å². The summed E-state index contributed by atoms with van der Waals surface area (Å²) in [6.07, 6.45) is 6.20. The Hall–Kier alpha value is -0.890. The van der Waals surface area contributed by atoms with Crippen LogP contribution in [-0.2, 0) is 6.42 Å². The molecule has 2 unspecified atom stereocenters. The van der Waals surface area contributed by atoms with E-state index in [1.807, 2.05) is 6.07 Å². The fraction of sp³-hybridized carbons (Fsp3) is 0.625. The van der Waals surface area contributed by atoms with E-state index in [1.54, 1.807) is 6.07 Å². The lowest BCUT2D eigenvalue weighted by Gasteiger charge is -2.20. The van der Waals surface area contributed by atoms with Gasteiger partial charge in [-0.1, -0.05) is 25.5 Å². The molecule has 1 N–H and O–H groups in total. The summed E-state index contributed by atoms with van der Waals surface area (Å²) in [5.41, 5.74) is 1.15. The van der Waals surface area contributed by atoms with Crippen molar-refractivity contribution < 1.29 is 4.39 Å². The molecule has 100 valence electrons. The summed E-state index contributed by atoms with van der Waals surface area (Å²) in [6.45, 7) is 4.45. The molecular formula is C16H24FN. The lowest BCUT2D eigenvalue weighted by Crippen LogP contribution is -2.26. The van der Waals surface area contributed by atoms with Crippen molar-refractivity contribution in [3.8, 4) is 0 Å². The first-order chi connectivity index (χ1) is 8.79. The van der Waals surface area contributed by atoms with Gasteiger partial charge in [-0.25, -0.2) is 4.39 Å². The van der Waals surface area contributed by atoms with Gasteiger partial charge in [0.05, 0.1) is 0 Å². The van der Waals surface area contributed by atoms with Crippen molar-refractivity contribution >= 4 is 0 Å². The van der Waals surface area contributed by atoms with Gasteiger partial charge in [0, 0.05) is 0 Å². The lowest BCUT2D eigenvalue weighted by molar-refractivity contribution is 0.365. The molecule has 1 aliphatic rings. The molecule has 1 fully saturated rings. The van der Waals surface area contributed by atoms with Crippen LogP contribution in [0.2, 0.25) is 0 Å². The number of hydrogen-bond acceptors (Lipinski definition) is 1. The molecule has 2 heteroatoms. The van der Waals surface area contributed by atoms with Gasteiger partial charge in [-0.3, -0.25) is 0 Å². The summed E-state index contributed by atoms with van der Waals surface area (Å²) in [5, 5.41) is 3.53. The van der Waals surface area contributed by atoms with E-state index < -0.39 is 0 Å². The predicted octanol–water partition coefficient (Wildman–Crippen LogP) is 3.78. The summed E-state index contributed by atoms with van der Waals surface area (Å²) in [7, 11) is 0. The SMILES string of the molecule is CCCNCC1CCCC1Cc1cccc(F)c1. The molecule has 1 aromatic rings. The quantitative estimate of drug-likeness (QED) is 0.756. The topological polar surface area (TPSA) is 12.0 Å². The zero-order valence-electron chi connectivity index (χ0n) is 11.3. The minimum atomic E-state index is -0.105. The second-order valence-electron chi connectivity index (χ2n) is 5.49. The zero-order chi connectivity index (χ0) is 12.8. The van der Waals surface area contributed by atoms with E-state index in [0.29, 0.717) is 0 Å². The second kappa shape index (κ2) is 6.89. The molecule has 0 aliphatic heterocycles. The van der Waals surface area contributed by atoms with Gasteiger partial charge in [0.25, 0.3) is 0 Å². The number of rotatable bonds is 6. The van der Waals surface area contributed by atoms with Crippen LogP contribution < -0.4 is 5.32 Å². The number of hydrogen-bond donors (Lipinski definition) is 1. The Kier molecular flexibility index (Phi) is 5.18. The van der Waals surface area contributed by atoms with E-state index in [1.165, 1.54) is 31.7 Å². The molecule has 0 aromatic heterocycles. The molecule has 18 heavy (non-hydrogen) atoms. The third-order valence-electron chi connectivity index (χ3n) is 4.04. The number of benzene rings is 1. The average Bonchev–Trinajstić information content (AvgIpc) is 2.77. The Morgan fingerprint density at radius 2 is 2.11 bits per heavy atom. The minimum Gasteiger partial charge on any atom is -0.316 e. The predicted molar refractivity (Wildman–Crippen MR) is 74.1 cm³/mol. The number of halogens is 1. The normalized spacial score (nSPS) is 23.4. The van der Waals surface area contributed by atoms with Crippen molar-refractivity contribution in [1.29, 1.82) is 0 Å². The summed E-state index contributed by atoms with van der Waals surface area (Å²) in [4.78, 5) is 0.